The molecule has 3 aromatic rings. The van der Waals surface area contributed by atoms with Gasteiger partial charge in [-0.25, -0.2) is 13.6 Å². The number of carbonyl (C=O) groups excluding carboxylic acids is 1. The van der Waals surface area contributed by atoms with Crippen LogP contribution in [0.25, 0.3) is 0 Å². The molecule has 3 N–H and O–H groups in total. The monoisotopic (exact) mass is 486 g/mol. The summed E-state index contributed by atoms with van der Waals surface area (Å²) in [5, 5.41) is 0. The third kappa shape index (κ3) is 5.95. The van der Waals surface area contributed by atoms with Gasteiger partial charge in [0, 0.05) is 18.5 Å². The summed E-state index contributed by atoms with van der Waals surface area (Å²) in [5.74, 6) is -2.10. The number of anilines is 2. The summed E-state index contributed by atoms with van der Waals surface area (Å²) in [7, 11) is 1.49. The number of methoxy groups -OCH3 is 1. The number of unbranched alkanes of at least 4 members (excludes halogenated alkanes) is 1. The number of nitrogens with zero attached hydrogens (tertiary/aromatic N) is 2. The quantitative estimate of drug-likeness (QED) is 0.457. The fraction of sp³-hybridized carbons (Fsp3) is 0.320. The van der Waals surface area contributed by atoms with Crippen LogP contribution in [0.5, 0.6) is 5.75 Å². The third-order valence-electron chi connectivity index (χ3n) is 5.65. The molecule has 0 radical (unpaired) electrons. The van der Waals surface area contributed by atoms with Crippen LogP contribution in [0.1, 0.15) is 37.3 Å². The molecule has 0 bridgehead atoms. The first-order valence-electron chi connectivity index (χ1n) is 11.3. The molecule has 2 aromatic carbocycles. The normalized spacial score (nSPS) is 10.9. The molecular formula is C25H28F2N4O4. The SMILES string of the molecule is CCCCn1c(N)c(N(Cc2ccccc2OC)C(=O)CCc2ccc(F)c(F)c2)c(=O)[nH]c1=O. The lowest BCUT2D eigenvalue weighted by atomic mass is 10.1. The van der Waals surface area contributed by atoms with E-state index < -0.39 is 28.8 Å². The Labute approximate surface area is 201 Å². The number of benzene rings is 2. The van der Waals surface area contributed by atoms with Crippen LogP contribution < -0.4 is 26.6 Å². The van der Waals surface area contributed by atoms with E-state index in [-0.39, 0.29) is 37.4 Å². The minimum Gasteiger partial charge on any atom is -0.496 e. The van der Waals surface area contributed by atoms with Crippen molar-refractivity contribution >= 4 is 17.4 Å². The van der Waals surface area contributed by atoms with Gasteiger partial charge in [-0.15, -0.1) is 0 Å². The van der Waals surface area contributed by atoms with E-state index in [1.165, 1.54) is 22.6 Å². The molecule has 0 spiro atoms. The second-order valence-corrected chi connectivity index (χ2v) is 8.04. The number of para-hydroxylation sites is 1. The van der Waals surface area contributed by atoms with E-state index >= 15 is 0 Å². The summed E-state index contributed by atoms with van der Waals surface area (Å²) in [6, 6.07) is 10.4. The third-order valence-corrected chi connectivity index (χ3v) is 5.65. The van der Waals surface area contributed by atoms with E-state index in [9.17, 15) is 23.2 Å². The summed E-state index contributed by atoms with van der Waals surface area (Å²) in [6.45, 7) is 2.17. The molecule has 8 nitrogen and oxygen atoms in total. The Hall–Kier alpha value is -3.95. The average Bonchev–Trinajstić information content (AvgIpc) is 2.84. The molecule has 35 heavy (non-hydrogen) atoms. The van der Waals surface area contributed by atoms with Gasteiger partial charge >= 0.3 is 5.69 Å². The predicted molar refractivity (Wildman–Crippen MR) is 130 cm³/mol. The second kappa shape index (κ2) is 11.5. The van der Waals surface area contributed by atoms with E-state index in [2.05, 4.69) is 4.98 Å². The van der Waals surface area contributed by atoms with Crippen molar-refractivity contribution < 1.29 is 18.3 Å². The molecule has 0 saturated carbocycles. The second-order valence-electron chi connectivity index (χ2n) is 8.04. The molecule has 186 valence electrons. The molecule has 0 fully saturated rings. The molecule has 0 aliphatic carbocycles. The van der Waals surface area contributed by atoms with Crippen molar-refractivity contribution in [2.75, 3.05) is 17.7 Å². The number of hydrogen-bond donors (Lipinski definition) is 2. The first-order valence-corrected chi connectivity index (χ1v) is 11.3. The van der Waals surface area contributed by atoms with Crippen molar-refractivity contribution in [3.8, 4) is 5.75 Å². The van der Waals surface area contributed by atoms with Gasteiger partial charge in [0.2, 0.25) is 5.91 Å². The van der Waals surface area contributed by atoms with Crippen molar-refractivity contribution in [3.05, 3.63) is 86.1 Å². The molecule has 1 aromatic heterocycles. The summed E-state index contributed by atoms with van der Waals surface area (Å²) >= 11 is 0. The Balaban J connectivity index is 2.03. The van der Waals surface area contributed by atoms with Crippen molar-refractivity contribution in [1.29, 1.82) is 0 Å². The standard InChI is InChI=1S/C25H28F2N4O4/c1-3-4-13-30-23(28)22(24(33)29-25(30)34)31(15-17-7-5-6-8-20(17)35-2)21(32)12-10-16-9-11-18(26)19(27)14-16/h5-9,11,14H,3-4,10,12-13,15,28H2,1-2H3,(H,29,33,34). The lowest BCUT2D eigenvalue weighted by molar-refractivity contribution is -0.118. The fourth-order valence-electron chi connectivity index (χ4n) is 3.75. The minimum absolute atomic E-state index is 0.0557. The van der Waals surface area contributed by atoms with Crippen molar-refractivity contribution in [3.63, 3.8) is 0 Å². The van der Waals surface area contributed by atoms with Crippen LogP contribution in [-0.4, -0.2) is 22.6 Å². The number of aryl methyl sites for hydroxylation is 1. The topological polar surface area (TPSA) is 110 Å². The number of nitrogen functional groups attached to an aromatic ring is 1. The zero-order valence-electron chi connectivity index (χ0n) is 19.6. The zero-order chi connectivity index (χ0) is 25.5. The van der Waals surface area contributed by atoms with Crippen LogP contribution in [-0.2, 0) is 24.3 Å². The first kappa shape index (κ1) is 25.7. The zero-order valence-corrected chi connectivity index (χ0v) is 19.6. The molecule has 0 aliphatic heterocycles. The maximum Gasteiger partial charge on any atom is 0.330 e. The summed E-state index contributed by atoms with van der Waals surface area (Å²) < 4.78 is 33.5. The maximum atomic E-state index is 13.6. The molecular weight excluding hydrogens is 458 g/mol. The number of H-pyrrole nitrogens is 1. The average molecular weight is 487 g/mol. The van der Waals surface area contributed by atoms with E-state index in [1.54, 1.807) is 24.3 Å². The van der Waals surface area contributed by atoms with E-state index in [0.717, 1.165) is 18.6 Å². The van der Waals surface area contributed by atoms with Gasteiger partial charge in [-0.2, -0.15) is 0 Å². The van der Waals surface area contributed by atoms with E-state index in [1.807, 2.05) is 6.92 Å². The highest BCUT2D eigenvalue weighted by Crippen LogP contribution is 2.25. The van der Waals surface area contributed by atoms with E-state index in [4.69, 9.17) is 10.5 Å². The lowest BCUT2D eigenvalue weighted by Gasteiger charge is -2.25. The molecule has 10 heteroatoms. The Kier molecular flexibility index (Phi) is 8.40. The first-order chi connectivity index (χ1) is 16.8. The lowest BCUT2D eigenvalue weighted by Crippen LogP contribution is -2.41. The fourth-order valence-corrected chi connectivity index (χ4v) is 3.75. The molecule has 0 aliphatic rings. The van der Waals surface area contributed by atoms with Crippen LogP contribution in [0.2, 0.25) is 0 Å². The largest absolute Gasteiger partial charge is 0.496 e. The maximum absolute atomic E-state index is 13.6. The number of aromatic nitrogens is 2. The van der Waals surface area contributed by atoms with Crippen LogP contribution >= 0.6 is 0 Å². The van der Waals surface area contributed by atoms with Gasteiger partial charge < -0.3 is 10.5 Å². The Bertz CT molecular complexity index is 1320. The molecule has 1 heterocycles. The smallest absolute Gasteiger partial charge is 0.330 e. The van der Waals surface area contributed by atoms with Gasteiger partial charge in [0.1, 0.15) is 11.6 Å². The molecule has 0 saturated heterocycles. The minimum atomic E-state index is -1.01. The highest BCUT2D eigenvalue weighted by atomic mass is 19.2. The molecule has 1 amide bonds. The number of amides is 1. The number of hydrogen-bond acceptors (Lipinski definition) is 5. The molecule has 0 unspecified atom stereocenters. The summed E-state index contributed by atoms with van der Waals surface area (Å²) in [4.78, 5) is 42.1. The number of ether oxygens (including phenoxy) is 1. The number of nitrogens with two attached hydrogens (primary N) is 1. The van der Waals surface area contributed by atoms with Gasteiger partial charge in [0.25, 0.3) is 5.56 Å². The van der Waals surface area contributed by atoms with Gasteiger partial charge in [0.05, 0.1) is 13.7 Å². The number of rotatable bonds is 10. The van der Waals surface area contributed by atoms with Crippen LogP contribution in [0.15, 0.2) is 52.1 Å². The number of aromatic amines is 1. The Morgan fingerprint density at radius 1 is 1.14 bits per heavy atom. The van der Waals surface area contributed by atoms with Gasteiger partial charge in [0.15, 0.2) is 17.3 Å². The predicted octanol–water partition coefficient (Wildman–Crippen LogP) is 3.37. The van der Waals surface area contributed by atoms with Gasteiger partial charge in [-0.05, 0) is 36.6 Å². The van der Waals surface area contributed by atoms with Crippen LogP contribution in [0.4, 0.5) is 20.3 Å². The van der Waals surface area contributed by atoms with E-state index in [0.29, 0.717) is 23.3 Å². The number of halogens is 2. The van der Waals surface area contributed by atoms with Crippen molar-refractivity contribution in [2.45, 2.75) is 45.7 Å². The van der Waals surface area contributed by atoms with Crippen LogP contribution in [0, 0.1) is 11.6 Å². The summed E-state index contributed by atoms with van der Waals surface area (Å²) in [6.07, 6.45) is 1.42. The highest BCUT2D eigenvalue weighted by Gasteiger charge is 2.25. The van der Waals surface area contributed by atoms with Crippen molar-refractivity contribution in [1.82, 2.24) is 9.55 Å². The van der Waals surface area contributed by atoms with Crippen LogP contribution in [0.3, 0.4) is 0 Å². The number of carbonyl (C=O) groups is 1. The molecule has 0 atom stereocenters. The Morgan fingerprint density at radius 3 is 2.57 bits per heavy atom. The molecule has 3 rings (SSSR count). The Morgan fingerprint density at radius 2 is 1.89 bits per heavy atom. The van der Waals surface area contributed by atoms with Gasteiger partial charge in [-0.1, -0.05) is 37.6 Å². The van der Waals surface area contributed by atoms with Gasteiger partial charge in [-0.3, -0.25) is 24.0 Å². The van der Waals surface area contributed by atoms with Crippen molar-refractivity contribution in [2.24, 2.45) is 0 Å². The summed E-state index contributed by atoms with van der Waals surface area (Å²) in [5.41, 5.74) is 5.69. The highest BCUT2D eigenvalue weighted by molar-refractivity contribution is 5.95. The number of nitrogens with one attached hydrogen (secondary N) is 1.